The normalized spacial score (nSPS) is 24.8. The molecule has 2 heterocycles. The predicted octanol–water partition coefficient (Wildman–Crippen LogP) is 1.48. The topological polar surface area (TPSA) is 49.9 Å². The average Bonchev–Trinajstić information content (AvgIpc) is 2.91. The quantitative estimate of drug-likeness (QED) is 0.722. The lowest BCUT2D eigenvalue weighted by Gasteiger charge is -2.59. The third kappa shape index (κ3) is 2.42. The fraction of sp³-hybridized carbons (Fsp3) is 0.857. The van der Waals surface area contributed by atoms with Crippen LogP contribution in [0.1, 0.15) is 33.6 Å². The number of carbonyl (C=O) groups is 2. The van der Waals surface area contributed by atoms with Gasteiger partial charge in [0.05, 0.1) is 0 Å². The van der Waals surface area contributed by atoms with Crippen LogP contribution in [0.4, 0.5) is 4.79 Å². The molecule has 0 aromatic heterocycles. The van der Waals surface area contributed by atoms with E-state index in [1.165, 1.54) is 0 Å². The van der Waals surface area contributed by atoms with Crippen LogP contribution in [0.25, 0.3) is 0 Å². The summed E-state index contributed by atoms with van der Waals surface area (Å²) in [4.78, 5) is 27.4. The van der Waals surface area contributed by atoms with Crippen molar-refractivity contribution in [1.82, 2.24) is 9.80 Å². The van der Waals surface area contributed by atoms with Crippen molar-refractivity contribution >= 4 is 12.0 Å². The molecular weight excluding hydrogens is 244 g/mol. The van der Waals surface area contributed by atoms with Gasteiger partial charge < -0.3 is 14.5 Å². The summed E-state index contributed by atoms with van der Waals surface area (Å²) in [6, 6.07) is 0. The Labute approximate surface area is 113 Å². The Morgan fingerprint density at radius 1 is 1.05 bits per heavy atom. The van der Waals surface area contributed by atoms with Gasteiger partial charge in [0.25, 0.3) is 0 Å². The first-order valence-corrected chi connectivity index (χ1v) is 7.05. The Balaban J connectivity index is 1.44. The number of amides is 2. The number of carbonyl (C=O) groups excluding carboxylic acids is 2. The highest BCUT2D eigenvalue weighted by molar-refractivity contribution is 5.82. The lowest BCUT2D eigenvalue weighted by Crippen LogP contribution is -2.74. The molecule has 0 atom stereocenters. The van der Waals surface area contributed by atoms with Crippen molar-refractivity contribution in [2.45, 2.75) is 39.2 Å². The van der Waals surface area contributed by atoms with Crippen LogP contribution >= 0.6 is 0 Å². The maximum absolute atomic E-state index is 11.8. The van der Waals surface area contributed by atoms with Gasteiger partial charge in [-0.2, -0.15) is 0 Å². The minimum Gasteiger partial charge on any atom is -0.444 e. The Bertz CT molecular complexity index is 409. The van der Waals surface area contributed by atoms with Crippen LogP contribution < -0.4 is 0 Å². The van der Waals surface area contributed by atoms with E-state index in [4.69, 9.17) is 4.74 Å². The zero-order valence-corrected chi connectivity index (χ0v) is 11.9. The second-order valence-electron chi connectivity index (χ2n) is 7.30. The van der Waals surface area contributed by atoms with Crippen molar-refractivity contribution in [2.24, 2.45) is 11.3 Å². The van der Waals surface area contributed by atoms with Gasteiger partial charge >= 0.3 is 6.09 Å². The fourth-order valence-corrected chi connectivity index (χ4v) is 2.93. The monoisotopic (exact) mass is 266 g/mol. The van der Waals surface area contributed by atoms with Gasteiger partial charge in [-0.15, -0.1) is 0 Å². The summed E-state index contributed by atoms with van der Waals surface area (Å²) in [6.07, 6.45) is 1.89. The molecule has 0 aromatic carbocycles. The third-order valence-electron chi connectivity index (χ3n) is 4.00. The van der Waals surface area contributed by atoms with E-state index in [9.17, 15) is 9.59 Å². The number of hydrogen-bond acceptors (Lipinski definition) is 3. The first-order valence-electron chi connectivity index (χ1n) is 7.05. The Hall–Kier alpha value is -1.26. The molecule has 3 aliphatic rings. The Kier molecular flexibility index (Phi) is 2.60. The molecule has 19 heavy (non-hydrogen) atoms. The summed E-state index contributed by atoms with van der Waals surface area (Å²) in [5.74, 6) is 0.626. The van der Waals surface area contributed by atoms with Crippen molar-refractivity contribution in [2.75, 3.05) is 26.2 Å². The number of likely N-dealkylation sites (tertiary alicyclic amines) is 2. The molecule has 0 aromatic rings. The van der Waals surface area contributed by atoms with Crippen LogP contribution in [0.15, 0.2) is 0 Å². The van der Waals surface area contributed by atoms with Crippen molar-refractivity contribution < 1.29 is 14.3 Å². The van der Waals surface area contributed by atoms with Crippen molar-refractivity contribution in [1.29, 1.82) is 0 Å². The zero-order chi connectivity index (χ0) is 13.8. The van der Waals surface area contributed by atoms with E-state index in [0.29, 0.717) is 11.8 Å². The number of ether oxygens (including phenoxy) is 1. The van der Waals surface area contributed by atoms with Crippen molar-refractivity contribution in [3.63, 3.8) is 0 Å². The third-order valence-corrected chi connectivity index (χ3v) is 4.00. The second-order valence-corrected chi connectivity index (χ2v) is 7.30. The predicted molar refractivity (Wildman–Crippen MR) is 69.5 cm³/mol. The molecule has 1 spiro atoms. The summed E-state index contributed by atoms with van der Waals surface area (Å²) < 4.78 is 5.33. The SMILES string of the molecule is CC(C)(C)OC(=O)N1CC2(C1)CN(C(=O)C1CC1)C2. The number of rotatable bonds is 1. The first-order chi connectivity index (χ1) is 8.78. The van der Waals surface area contributed by atoms with E-state index in [0.717, 1.165) is 39.0 Å². The largest absolute Gasteiger partial charge is 0.444 e. The van der Waals surface area contributed by atoms with E-state index in [2.05, 4.69) is 0 Å². The van der Waals surface area contributed by atoms with E-state index >= 15 is 0 Å². The molecule has 0 radical (unpaired) electrons. The molecule has 3 fully saturated rings. The molecule has 1 saturated carbocycles. The van der Waals surface area contributed by atoms with Crippen molar-refractivity contribution in [3.8, 4) is 0 Å². The highest BCUT2D eigenvalue weighted by Crippen LogP contribution is 2.43. The van der Waals surface area contributed by atoms with Crippen LogP contribution in [0.2, 0.25) is 0 Å². The second kappa shape index (κ2) is 3.87. The lowest BCUT2D eigenvalue weighted by atomic mass is 9.73. The average molecular weight is 266 g/mol. The number of hydrogen-bond donors (Lipinski definition) is 0. The van der Waals surface area contributed by atoms with Gasteiger partial charge in [0.15, 0.2) is 0 Å². The summed E-state index contributed by atoms with van der Waals surface area (Å²) in [5.41, 5.74) is -0.269. The van der Waals surface area contributed by atoms with Gasteiger partial charge in [0, 0.05) is 37.5 Å². The zero-order valence-electron chi connectivity index (χ0n) is 11.9. The molecule has 2 amide bonds. The smallest absolute Gasteiger partial charge is 0.410 e. The van der Waals surface area contributed by atoms with E-state index < -0.39 is 5.60 Å². The van der Waals surface area contributed by atoms with E-state index in [1.807, 2.05) is 25.7 Å². The van der Waals surface area contributed by atoms with Gasteiger partial charge in [0.1, 0.15) is 5.60 Å². The van der Waals surface area contributed by atoms with Gasteiger partial charge in [-0.1, -0.05) is 0 Å². The van der Waals surface area contributed by atoms with Crippen LogP contribution in [0, 0.1) is 11.3 Å². The summed E-state index contributed by atoms with van der Waals surface area (Å²) in [5, 5.41) is 0. The molecular formula is C14H22N2O3. The Morgan fingerprint density at radius 2 is 1.58 bits per heavy atom. The van der Waals surface area contributed by atoms with E-state index in [1.54, 1.807) is 4.90 Å². The van der Waals surface area contributed by atoms with Gasteiger partial charge in [0.2, 0.25) is 5.91 Å². The molecule has 2 aliphatic heterocycles. The fourth-order valence-electron chi connectivity index (χ4n) is 2.93. The minimum atomic E-state index is -0.437. The summed E-state index contributed by atoms with van der Waals surface area (Å²) in [7, 11) is 0. The van der Waals surface area contributed by atoms with Crippen LogP contribution in [-0.4, -0.2) is 53.6 Å². The molecule has 5 heteroatoms. The molecule has 3 rings (SSSR count). The minimum absolute atomic E-state index is 0.168. The first kappa shape index (κ1) is 12.8. The van der Waals surface area contributed by atoms with Crippen LogP contribution in [0.5, 0.6) is 0 Å². The number of nitrogens with zero attached hydrogens (tertiary/aromatic N) is 2. The van der Waals surface area contributed by atoms with Gasteiger partial charge in [-0.05, 0) is 33.6 Å². The molecule has 0 bridgehead atoms. The molecule has 0 unspecified atom stereocenters. The summed E-state index contributed by atoms with van der Waals surface area (Å²) in [6.45, 7) is 8.73. The Morgan fingerprint density at radius 3 is 2.05 bits per heavy atom. The van der Waals surface area contributed by atoms with Crippen molar-refractivity contribution in [3.05, 3.63) is 0 Å². The maximum Gasteiger partial charge on any atom is 0.410 e. The molecule has 106 valence electrons. The van der Waals surface area contributed by atoms with E-state index in [-0.39, 0.29) is 11.5 Å². The highest BCUT2D eigenvalue weighted by atomic mass is 16.6. The van der Waals surface area contributed by atoms with Gasteiger partial charge in [-0.25, -0.2) is 4.79 Å². The maximum atomic E-state index is 11.8. The highest BCUT2D eigenvalue weighted by Gasteiger charge is 2.56. The van der Waals surface area contributed by atoms with Crippen LogP contribution in [-0.2, 0) is 9.53 Å². The molecule has 0 N–H and O–H groups in total. The van der Waals surface area contributed by atoms with Gasteiger partial charge in [-0.3, -0.25) is 4.79 Å². The molecule has 1 aliphatic carbocycles. The van der Waals surface area contributed by atoms with Crippen LogP contribution in [0.3, 0.4) is 0 Å². The summed E-state index contributed by atoms with van der Waals surface area (Å²) >= 11 is 0. The molecule has 2 saturated heterocycles. The standard InChI is InChI=1S/C14H22N2O3/c1-13(2,3)19-12(18)16-8-14(9-16)6-15(7-14)11(17)10-4-5-10/h10H,4-9H2,1-3H3. The molecule has 5 nitrogen and oxygen atoms in total. The lowest BCUT2D eigenvalue weighted by molar-refractivity contribution is -0.158.